The van der Waals surface area contributed by atoms with Crippen molar-refractivity contribution in [2.75, 3.05) is 13.1 Å². The van der Waals surface area contributed by atoms with E-state index in [0.29, 0.717) is 12.1 Å². The van der Waals surface area contributed by atoms with E-state index in [-0.39, 0.29) is 31.8 Å². The second-order valence-electron chi connectivity index (χ2n) is 5.56. The molecular formula is C18H38N4O2Ru. The Kier molecular flexibility index (Phi) is 45.2. The first-order valence-corrected chi connectivity index (χ1v) is 8.53. The van der Waals surface area contributed by atoms with Crippen LogP contribution in [0.15, 0.2) is 0 Å². The van der Waals surface area contributed by atoms with Gasteiger partial charge in [0.1, 0.15) is 0 Å². The molecule has 7 heteroatoms. The molecule has 25 heavy (non-hydrogen) atoms. The maximum atomic E-state index is 7.75. The minimum atomic E-state index is 0. The molecule has 0 rings (SSSR count). The van der Waals surface area contributed by atoms with E-state index < -0.39 is 0 Å². The standard InChI is InChI=1S/2C8H18N2.2CHO.Ru/c2*1-5-6-9-8(4)10-7(2)3;2*1-2;/h2*7-8H,5-6H2,1-4H3;2*1H;/q2*-2;2*-1;+6. The molecule has 0 aromatic heterocycles. The third kappa shape index (κ3) is 45.3. The van der Waals surface area contributed by atoms with Crippen molar-refractivity contribution in [1.82, 2.24) is 0 Å². The molecule has 0 fully saturated rings. The largest absolute Gasteiger partial charge is 6.00 e. The van der Waals surface area contributed by atoms with E-state index in [1.54, 1.807) is 0 Å². The molecule has 0 aliphatic carbocycles. The zero-order chi connectivity index (χ0) is 20.0. The minimum Gasteiger partial charge on any atom is -0.678 e. The van der Waals surface area contributed by atoms with Crippen LogP contribution < -0.4 is 0 Å². The number of hydrogen-bond donors (Lipinski definition) is 0. The van der Waals surface area contributed by atoms with Crippen LogP contribution in [0.5, 0.6) is 0 Å². The van der Waals surface area contributed by atoms with Gasteiger partial charge in [-0.2, -0.15) is 13.1 Å². The molecule has 2 unspecified atom stereocenters. The quantitative estimate of drug-likeness (QED) is 0.262. The van der Waals surface area contributed by atoms with Gasteiger partial charge in [-0.3, -0.25) is 13.6 Å². The maximum absolute atomic E-state index is 7.75. The Balaban J connectivity index is -0.0000000858. The van der Waals surface area contributed by atoms with E-state index in [0.717, 1.165) is 25.9 Å². The van der Waals surface area contributed by atoms with Crippen molar-refractivity contribution in [3.05, 3.63) is 21.3 Å². The second kappa shape index (κ2) is 31.6. The molecule has 0 amide bonds. The van der Waals surface area contributed by atoms with Gasteiger partial charge in [-0.25, -0.2) is 12.3 Å². The van der Waals surface area contributed by atoms with Crippen molar-refractivity contribution in [2.24, 2.45) is 0 Å². The van der Waals surface area contributed by atoms with E-state index in [1.807, 2.05) is 13.8 Å². The summed E-state index contributed by atoms with van der Waals surface area (Å²) in [7, 11) is 0. The Morgan fingerprint density at radius 1 is 0.640 bits per heavy atom. The Labute approximate surface area is 169 Å². The molecule has 2 atom stereocenters. The molecule has 0 aliphatic heterocycles. The third-order valence-electron chi connectivity index (χ3n) is 2.26. The predicted octanol–water partition coefficient (Wildman–Crippen LogP) is 5.25. The Hall–Kier alpha value is -0.197. The molecule has 6 nitrogen and oxygen atoms in total. The first kappa shape index (κ1) is 35.8. The van der Waals surface area contributed by atoms with E-state index in [2.05, 4.69) is 76.4 Å². The van der Waals surface area contributed by atoms with Crippen molar-refractivity contribution >= 4 is 13.6 Å². The fourth-order valence-corrected chi connectivity index (χ4v) is 1.59. The molecular weight excluding hydrogens is 405 g/mol. The molecule has 0 radical (unpaired) electrons. The molecule has 0 saturated heterocycles. The van der Waals surface area contributed by atoms with Gasteiger partial charge < -0.3 is 30.9 Å². The van der Waals surface area contributed by atoms with Crippen molar-refractivity contribution in [1.29, 1.82) is 0 Å². The van der Waals surface area contributed by atoms with E-state index in [4.69, 9.17) is 9.59 Å². The van der Waals surface area contributed by atoms with Crippen LogP contribution in [-0.4, -0.2) is 51.1 Å². The first-order chi connectivity index (χ1) is 11.3. The van der Waals surface area contributed by atoms with Crippen LogP contribution in [0.25, 0.3) is 21.3 Å². The van der Waals surface area contributed by atoms with Crippen molar-refractivity contribution in [2.45, 2.75) is 92.6 Å². The normalized spacial score (nSPS) is 11.6. The number of hydrogen-bond acceptors (Lipinski definition) is 2. The summed E-state index contributed by atoms with van der Waals surface area (Å²) in [6, 6.07) is 0.825. The van der Waals surface area contributed by atoms with Crippen LogP contribution in [0.3, 0.4) is 0 Å². The summed E-state index contributed by atoms with van der Waals surface area (Å²) < 4.78 is 0. The summed E-state index contributed by atoms with van der Waals surface area (Å²) in [6.07, 6.45) is 2.63. The fraction of sp³-hybridized carbons (Fsp3) is 0.889. The van der Waals surface area contributed by atoms with Crippen LogP contribution in [0.2, 0.25) is 0 Å². The number of carbonyl (C=O) groups excluding carboxylic acids is 2. The van der Waals surface area contributed by atoms with Gasteiger partial charge in [0.05, 0.1) is 0 Å². The smallest absolute Gasteiger partial charge is 0.678 e. The molecule has 0 heterocycles. The van der Waals surface area contributed by atoms with Gasteiger partial charge in [-0.15, -0.1) is 25.9 Å². The monoisotopic (exact) mass is 444 g/mol. The Bertz CT molecular complexity index is 201. The van der Waals surface area contributed by atoms with Crippen LogP contribution in [0.4, 0.5) is 0 Å². The van der Waals surface area contributed by atoms with Gasteiger partial charge in [0.15, 0.2) is 0 Å². The summed E-state index contributed by atoms with van der Waals surface area (Å²) in [4.78, 5) is 15.5. The SMILES string of the molecule is CCC[N-]C(C)[N-]C(C)C.CCC[N-]C(C)[N-]C(C)C.[CH-]=O.[CH-]=O.[Ru+6]. The van der Waals surface area contributed by atoms with Gasteiger partial charge in [-0.1, -0.05) is 54.4 Å². The Morgan fingerprint density at radius 3 is 1.04 bits per heavy atom. The maximum Gasteiger partial charge on any atom is 6.00 e. The predicted molar refractivity (Wildman–Crippen MR) is 106 cm³/mol. The average Bonchev–Trinajstić information content (AvgIpc) is 2.54. The first-order valence-electron chi connectivity index (χ1n) is 8.53. The Morgan fingerprint density at radius 2 is 0.880 bits per heavy atom. The number of nitrogens with zero attached hydrogens (tertiary/aromatic N) is 4. The van der Waals surface area contributed by atoms with Crippen molar-refractivity contribution < 1.29 is 29.1 Å². The molecule has 0 aromatic rings. The van der Waals surface area contributed by atoms with Gasteiger partial charge >= 0.3 is 19.5 Å². The van der Waals surface area contributed by atoms with Gasteiger partial charge in [0.2, 0.25) is 0 Å². The third-order valence-corrected chi connectivity index (χ3v) is 2.26. The van der Waals surface area contributed by atoms with Crippen LogP contribution in [0.1, 0.15) is 68.2 Å². The van der Waals surface area contributed by atoms with Crippen molar-refractivity contribution in [3.8, 4) is 0 Å². The molecule has 150 valence electrons. The van der Waals surface area contributed by atoms with E-state index in [9.17, 15) is 0 Å². The van der Waals surface area contributed by atoms with Crippen LogP contribution in [-0.2, 0) is 29.1 Å². The van der Waals surface area contributed by atoms with Crippen LogP contribution >= 0.6 is 0 Å². The zero-order valence-electron chi connectivity index (χ0n) is 17.3. The van der Waals surface area contributed by atoms with Crippen LogP contribution in [0, 0.1) is 0 Å². The second-order valence-corrected chi connectivity index (χ2v) is 5.56. The van der Waals surface area contributed by atoms with Gasteiger partial charge in [0, 0.05) is 0 Å². The minimum absolute atomic E-state index is 0. The van der Waals surface area contributed by atoms with E-state index in [1.165, 1.54) is 0 Å². The summed E-state index contributed by atoms with van der Waals surface area (Å²) in [5.41, 5.74) is 0. The average molecular weight is 444 g/mol. The summed E-state index contributed by atoms with van der Waals surface area (Å²) >= 11 is 0. The van der Waals surface area contributed by atoms with E-state index >= 15 is 0 Å². The summed E-state index contributed by atoms with van der Waals surface area (Å²) in [5.74, 6) is 0. The molecule has 0 N–H and O–H groups in total. The molecule has 0 bridgehead atoms. The molecule has 0 aliphatic rings. The zero-order valence-corrected chi connectivity index (χ0v) is 19.0. The summed E-state index contributed by atoms with van der Waals surface area (Å²) in [6.45, 7) is 25.0. The summed E-state index contributed by atoms with van der Waals surface area (Å²) in [5, 5.41) is 17.3. The van der Waals surface area contributed by atoms with Crippen molar-refractivity contribution in [3.63, 3.8) is 0 Å². The molecule has 0 saturated carbocycles. The fourth-order valence-electron chi connectivity index (χ4n) is 1.59. The molecule has 0 spiro atoms. The topological polar surface area (TPSA) is 90.5 Å². The van der Waals surface area contributed by atoms with Gasteiger partial charge in [-0.05, 0) is 0 Å². The number of rotatable bonds is 10. The van der Waals surface area contributed by atoms with Gasteiger partial charge in [0.25, 0.3) is 0 Å². The molecule has 0 aromatic carbocycles.